The fraction of sp³-hybridized carbons (Fsp3) is 0.667. The molecule has 0 spiro atoms. The van der Waals surface area contributed by atoms with Crippen LogP contribution < -0.4 is 10.6 Å². The fourth-order valence-electron chi connectivity index (χ4n) is 6.92. The lowest BCUT2D eigenvalue weighted by Crippen LogP contribution is -2.61. The molecule has 1 saturated heterocycles. The second-order valence-corrected chi connectivity index (χ2v) is 12.5. The predicted molar refractivity (Wildman–Crippen MR) is 124 cm³/mol. The highest BCUT2D eigenvalue weighted by molar-refractivity contribution is 7.89. The van der Waals surface area contributed by atoms with Gasteiger partial charge in [0.1, 0.15) is 5.82 Å². The molecular weight excluding hydrogens is 459 g/mol. The Hall–Kier alpha value is -2.20. The summed E-state index contributed by atoms with van der Waals surface area (Å²) in [6.45, 7) is 1.21. The number of piperazine rings is 1. The topological polar surface area (TPSA) is 98.8 Å². The standard InChI is InChI=1S/C24H33FN4O4S/c25-20-1-3-21(4-2-20)34(32,33)29-9-7-28(8-10-29)22(30)5-6-26-23(31)27-24-14-17-11-18(15-24)13-19(12-17)16-24/h1-4,17-19H,5-16H2,(H2,26,27,31). The summed E-state index contributed by atoms with van der Waals surface area (Å²) in [6, 6.07) is 4.56. The quantitative estimate of drug-likeness (QED) is 0.637. The van der Waals surface area contributed by atoms with Crippen molar-refractivity contribution in [2.24, 2.45) is 17.8 Å². The van der Waals surface area contributed by atoms with Gasteiger partial charge < -0.3 is 15.5 Å². The molecule has 186 valence electrons. The van der Waals surface area contributed by atoms with Crippen LogP contribution in [0.3, 0.4) is 0 Å². The van der Waals surface area contributed by atoms with Gasteiger partial charge in [0, 0.05) is 44.7 Å². The molecule has 2 N–H and O–H groups in total. The lowest BCUT2D eigenvalue weighted by atomic mass is 9.53. The van der Waals surface area contributed by atoms with Crippen molar-refractivity contribution in [2.45, 2.75) is 55.4 Å². The van der Waals surface area contributed by atoms with E-state index in [1.165, 1.54) is 35.7 Å². The third-order valence-corrected chi connectivity index (χ3v) is 10.00. The number of carbonyl (C=O) groups excluding carboxylic acids is 2. The highest BCUT2D eigenvalue weighted by atomic mass is 32.2. The minimum absolute atomic E-state index is 0.0444. The fourth-order valence-corrected chi connectivity index (χ4v) is 8.35. The molecular formula is C24H33FN4O4S. The number of amides is 3. The average molecular weight is 493 g/mol. The molecule has 1 aromatic carbocycles. The van der Waals surface area contributed by atoms with E-state index in [4.69, 9.17) is 0 Å². The Kier molecular flexibility index (Phi) is 6.31. The minimum atomic E-state index is -3.72. The van der Waals surface area contributed by atoms with Gasteiger partial charge in [-0.25, -0.2) is 17.6 Å². The van der Waals surface area contributed by atoms with Gasteiger partial charge in [0.2, 0.25) is 15.9 Å². The van der Waals surface area contributed by atoms with E-state index in [0.717, 1.165) is 49.1 Å². The van der Waals surface area contributed by atoms with Crippen LogP contribution in [0.4, 0.5) is 9.18 Å². The van der Waals surface area contributed by atoms with Gasteiger partial charge in [0.05, 0.1) is 4.90 Å². The van der Waals surface area contributed by atoms with Crippen molar-refractivity contribution in [3.8, 4) is 0 Å². The van der Waals surface area contributed by atoms with Crippen LogP contribution in [0, 0.1) is 23.6 Å². The van der Waals surface area contributed by atoms with Crippen LogP contribution >= 0.6 is 0 Å². The summed E-state index contributed by atoms with van der Waals surface area (Å²) in [4.78, 5) is 26.8. The molecule has 3 amide bonds. The van der Waals surface area contributed by atoms with E-state index in [0.29, 0.717) is 13.1 Å². The van der Waals surface area contributed by atoms with Crippen LogP contribution in [0.15, 0.2) is 29.2 Å². The summed E-state index contributed by atoms with van der Waals surface area (Å²) in [5, 5.41) is 6.10. The highest BCUT2D eigenvalue weighted by Crippen LogP contribution is 2.55. The summed E-state index contributed by atoms with van der Waals surface area (Å²) in [6.07, 6.45) is 7.36. The molecule has 0 radical (unpaired) electrons. The molecule has 0 aromatic heterocycles. The molecule has 1 aliphatic heterocycles. The van der Waals surface area contributed by atoms with Crippen molar-refractivity contribution in [1.29, 1.82) is 0 Å². The second kappa shape index (κ2) is 9.11. The van der Waals surface area contributed by atoms with Gasteiger partial charge in [-0.3, -0.25) is 4.79 Å². The first-order chi connectivity index (χ1) is 16.2. The molecule has 1 heterocycles. The van der Waals surface area contributed by atoms with Crippen LogP contribution in [0.5, 0.6) is 0 Å². The maximum absolute atomic E-state index is 13.1. The molecule has 10 heteroatoms. The highest BCUT2D eigenvalue weighted by Gasteiger charge is 2.51. The van der Waals surface area contributed by atoms with E-state index in [1.54, 1.807) is 4.90 Å². The van der Waals surface area contributed by atoms with Crippen molar-refractivity contribution in [2.75, 3.05) is 32.7 Å². The molecule has 4 aliphatic carbocycles. The Morgan fingerprint density at radius 3 is 2.06 bits per heavy atom. The summed E-state index contributed by atoms with van der Waals surface area (Å²) in [5.41, 5.74) is -0.0603. The van der Waals surface area contributed by atoms with E-state index in [-0.39, 0.29) is 48.4 Å². The lowest BCUT2D eigenvalue weighted by Gasteiger charge is -2.56. The molecule has 0 unspecified atom stereocenters. The number of nitrogens with one attached hydrogen (secondary N) is 2. The monoisotopic (exact) mass is 492 g/mol. The number of halogens is 1. The van der Waals surface area contributed by atoms with E-state index in [9.17, 15) is 22.4 Å². The maximum atomic E-state index is 13.1. The van der Waals surface area contributed by atoms with Crippen molar-refractivity contribution in [1.82, 2.24) is 19.8 Å². The molecule has 5 fully saturated rings. The van der Waals surface area contributed by atoms with Gasteiger partial charge in [0.15, 0.2) is 0 Å². The SMILES string of the molecule is O=C(NCCC(=O)N1CCN(S(=O)(=O)c2ccc(F)cc2)CC1)NC12CC3CC(CC(C3)C1)C2. The van der Waals surface area contributed by atoms with E-state index >= 15 is 0 Å². The van der Waals surface area contributed by atoms with Crippen LogP contribution in [0.1, 0.15) is 44.9 Å². The molecule has 1 aromatic rings. The van der Waals surface area contributed by atoms with Crippen molar-refractivity contribution < 1.29 is 22.4 Å². The Bertz CT molecular complexity index is 1000. The van der Waals surface area contributed by atoms with E-state index in [2.05, 4.69) is 10.6 Å². The normalized spacial score (nSPS) is 30.9. The third-order valence-electron chi connectivity index (χ3n) is 8.08. The molecule has 6 rings (SSSR count). The first-order valence-corrected chi connectivity index (χ1v) is 13.8. The smallest absolute Gasteiger partial charge is 0.315 e. The number of hydrogen-bond donors (Lipinski definition) is 2. The summed E-state index contributed by atoms with van der Waals surface area (Å²) >= 11 is 0. The predicted octanol–water partition coefficient (Wildman–Crippen LogP) is 2.32. The van der Waals surface area contributed by atoms with Gasteiger partial charge >= 0.3 is 6.03 Å². The van der Waals surface area contributed by atoms with E-state index in [1.807, 2.05) is 0 Å². The number of benzene rings is 1. The van der Waals surface area contributed by atoms with Gasteiger partial charge in [-0.15, -0.1) is 0 Å². The van der Waals surface area contributed by atoms with Gasteiger partial charge in [0.25, 0.3) is 0 Å². The van der Waals surface area contributed by atoms with Crippen molar-refractivity contribution in [3.05, 3.63) is 30.1 Å². The Morgan fingerprint density at radius 2 is 1.50 bits per heavy atom. The van der Waals surface area contributed by atoms with Crippen LogP contribution in [0.2, 0.25) is 0 Å². The molecule has 4 saturated carbocycles. The summed E-state index contributed by atoms with van der Waals surface area (Å²) in [5.74, 6) is 1.65. The first-order valence-electron chi connectivity index (χ1n) is 12.3. The lowest BCUT2D eigenvalue weighted by molar-refractivity contribution is -0.132. The number of nitrogens with zero attached hydrogens (tertiary/aromatic N) is 2. The minimum Gasteiger partial charge on any atom is -0.340 e. The Labute approximate surface area is 200 Å². The summed E-state index contributed by atoms with van der Waals surface area (Å²) in [7, 11) is -3.72. The second-order valence-electron chi connectivity index (χ2n) is 10.6. The largest absolute Gasteiger partial charge is 0.340 e. The summed E-state index contributed by atoms with van der Waals surface area (Å²) < 4.78 is 39.9. The molecule has 8 nitrogen and oxygen atoms in total. The Balaban J connectivity index is 1.05. The Morgan fingerprint density at radius 1 is 0.941 bits per heavy atom. The number of urea groups is 1. The number of rotatable bonds is 6. The molecule has 34 heavy (non-hydrogen) atoms. The first kappa shape index (κ1) is 23.5. The maximum Gasteiger partial charge on any atom is 0.315 e. The molecule has 4 bridgehead atoms. The van der Waals surface area contributed by atoms with Gasteiger partial charge in [-0.1, -0.05) is 0 Å². The average Bonchev–Trinajstić information content (AvgIpc) is 2.78. The van der Waals surface area contributed by atoms with Crippen LogP contribution in [0.25, 0.3) is 0 Å². The zero-order valence-electron chi connectivity index (χ0n) is 19.3. The zero-order valence-corrected chi connectivity index (χ0v) is 20.2. The van der Waals surface area contributed by atoms with Crippen molar-refractivity contribution in [3.63, 3.8) is 0 Å². The van der Waals surface area contributed by atoms with Crippen molar-refractivity contribution >= 4 is 22.0 Å². The van der Waals surface area contributed by atoms with Crippen LogP contribution in [-0.4, -0.2) is 67.8 Å². The number of carbonyl (C=O) groups is 2. The number of hydrogen-bond acceptors (Lipinski definition) is 4. The number of sulfonamides is 1. The van der Waals surface area contributed by atoms with Gasteiger partial charge in [-0.05, 0) is 80.5 Å². The van der Waals surface area contributed by atoms with Crippen LogP contribution in [-0.2, 0) is 14.8 Å². The zero-order chi connectivity index (χ0) is 23.9. The molecule has 0 atom stereocenters. The van der Waals surface area contributed by atoms with E-state index < -0.39 is 15.8 Å². The third kappa shape index (κ3) is 4.79. The van der Waals surface area contributed by atoms with Gasteiger partial charge in [-0.2, -0.15) is 4.31 Å². The molecule has 5 aliphatic rings.